The summed E-state index contributed by atoms with van der Waals surface area (Å²) in [6.45, 7) is 0. The molecule has 0 aliphatic heterocycles. The quantitative estimate of drug-likeness (QED) is 0.804. The van der Waals surface area contributed by atoms with E-state index in [1.165, 1.54) is 18.2 Å². The minimum absolute atomic E-state index is 0.134. The lowest BCUT2D eigenvalue weighted by Gasteiger charge is -2.02. The zero-order chi connectivity index (χ0) is 12.0. The molecule has 0 fully saturated rings. The van der Waals surface area contributed by atoms with Crippen LogP contribution in [0.4, 0.5) is 0 Å². The molecule has 86 valence electrons. The normalized spacial score (nSPS) is 11.5. The van der Waals surface area contributed by atoms with Gasteiger partial charge in [0.05, 0.1) is 11.3 Å². The van der Waals surface area contributed by atoms with Crippen molar-refractivity contribution < 1.29 is 18.3 Å². The minimum atomic E-state index is -3.59. The summed E-state index contributed by atoms with van der Waals surface area (Å²) in [6.07, 6.45) is 2.11. The Morgan fingerprint density at radius 3 is 2.50 bits per heavy atom. The van der Waals surface area contributed by atoms with Gasteiger partial charge in [0.1, 0.15) is 0 Å². The van der Waals surface area contributed by atoms with Crippen molar-refractivity contribution in [1.29, 1.82) is 0 Å². The lowest BCUT2D eigenvalue weighted by molar-refractivity contribution is -0.136. The molecule has 1 aromatic rings. The Balaban J connectivity index is 2.67. The first kappa shape index (κ1) is 12.3. The summed E-state index contributed by atoms with van der Waals surface area (Å²) < 4.78 is 25.3. The summed E-state index contributed by atoms with van der Waals surface area (Å²) in [4.78, 5) is 10.3. The molecule has 0 aliphatic carbocycles. The zero-order valence-corrected chi connectivity index (χ0v) is 9.15. The summed E-state index contributed by atoms with van der Waals surface area (Å²) in [5, 5.41) is 8.33. The fourth-order valence-corrected chi connectivity index (χ4v) is 1.89. The van der Waals surface area contributed by atoms with Crippen molar-refractivity contribution in [1.82, 2.24) is 4.72 Å². The van der Waals surface area contributed by atoms with E-state index in [1.807, 2.05) is 0 Å². The Hall–Kier alpha value is -1.82. The summed E-state index contributed by atoms with van der Waals surface area (Å²) in [7, 11) is -3.59. The van der Waals surface area contributed by atoms with Crippen molar-refractivity contribution in [3.05, 3.63) is 42.6 Å². The van der Waals surface area contributed by atoms with Gasteiger partial charge in [0.2, 0.25) is 0 Å². The Kier molecular flexibility index (Phi) is 4.07. The van der Waals surface area contributed by atoms with Gasteiger partial charge >= 0.3 is 5.97 Å². The molecule has 0 unspecified atom stereocenters. The van der Waals surface area contributed by atoms with Gasteiger partial charge in [0.25, 0.3) is 10.0 Å². The molecule has 5 nitrogen and oxygen atoms in total. The molecule has 0 saturated heterocycles. The van der Waals surface area contributed by atoms with E-state index in [4.69, 9.17) is 5.11 Å². The minimum Gasteiger partial charge on any atom is -0.481 e. The van der Waals surface area contributed by atoms with E-state index in [0.29, 0.717) is 0 Å². The number of aliphatic carboxylic acids is 1. The summed E-state index contributed by atoms with van der Waals surface area (Å²) >= 11 is 0. The van der Waals surface area contributed by atoms with Gasteiger partial charge in [-0.1, -0.05) is 24.3 Å². The average Bonchev–Trinajstić information content (AvgIpc) is 2.26. The maximum absolute atomic E-state index is 11.6. The Morgan fingerprint density at radius 1 is 1.31 bits per heavy atom. The highest BCUT2D eigenvalue weighted by Gasteiger charge is 2.09. The van der Waals surface area contributed by atoms with Crippen LogP contribution < -0.4 is 4.72 Å². The molecule has 0 amide bonds. The van der Waals surface area contributed by atoms with Gasteiger partial charge in [-0.3, -0.25) is 9.52 Å². The number of carboxylic acids is 1. The fraction of sp³-hybridized carbons (Fsp3) is 0.100. The van der Waals surface area contributed by atoms with Gasteiger partial charge in [0, 0.05) is 6.20 Å². The SMILES string of the molecule is O=C(O)CC=CNS(=O)(=O)c1ccccc1. The monoisotopic (exact) mass is 241 g/mol. The zero-order valence-electron chi connectivity index (χ0n) is 8.33. The molecule has 0 saturated carbocycles. The molecule has 0 aromatic heterocycles. The maximum Gasteiger partial charge on any atom is 0.307 e. The van der Waals surface area contributed by atoms with Crippen LogP contribution in [-0.4, -0.2) is 19.5 Å². The maximum atomic E-state index is 11.6. The van der Waals surface area contributed by atoms with Crippen LogP contribution in [0.3, 0.4) is 0 Å². The molecule has 0 atom stereocenters. The van der Waals surface area contributed by atoms with Crippen LogP contribution in [0.15, 0.2) is 47.5 Å². The topological polar surface area (TPSA) is 83.5 Å². The first-order valence-electron chi connectivity index (χ1n) is 4.46. The van der Waals surface area contributed by atoms with Crippen LogP contribution in [-0.2, 0) is 14.8 Å². The Labute approximate surface area is 93.5 Å². The standard InChI is InChI=1S/C10H11NO4S/c12-10(13)7-4-8-11-16(14,15)9-5-2-1-3-6-9/h1-6,8,11H,7H2,(H,12,13). The van der Waals surface area contributed by atoms with E-state index in [-0.39, 0.29) is 11.3 Å². The van der Waals surface area contributed by atoms with E-state index in [1.54, 1.807) is 18.2 Å². The third-order valence-electron chi connectivity index (χ3n) is 1.69. The molecular weight excluding hydrogens is 230 g/mol. The third kappa shape index (κ3) is 3.74. The van der Waals surface area contributed by atoms with Crippen molar-refractivity contribution in [2.75, 3.05) is 0 Å². The van der Waals surface area contributed by atoms with E-state index in [9.17, 15) is 13.2 Å². The highest BCUT2D eigenvalue weighted by Crippen LogP contribution is 2.06. The number of benzene rings is 1. The molecule has 0 spiro atoms. The average molecular weight is 241 g/mol. The molecule has 0 aliphatic rings. The lowest BCUT2D eigenvalue weighted by atomic mass is 10.4. The largest absolute Gasteiger partial charge is 0.481 e. The molecular formula is C10H11NO4S. The Morgan fingerprint density at radius 2 is 1.94 bits per heavy atom. The van der Waals surface area contributed by atoms with E-state index >= 15 is 0 Å². The second-order valence-corrected chi connectivity index (χ2v) is 4.65. The molecule has 2 N–H and O–H groups in total. The van der Waals surface area contributed by atoms with Gasteiger partial charge < -0.3 is 5.11 Å². The molecule has 6 heteroatoms. The van der Waals surface area contributed by atoms with E-state index in [2.05, 4.69) is 4.72 Å². The van der Waals surface area contributed by atoms with Crippen molar-refractivity contribution in [3.63, 3.8) is 0 Å². The summed E-state index contributed by atoms with van der Waals surface area (Å²) in [5.41, 5.74) is 0. The smallest absolute Gasteiger partial charge is 0.307 e. The number of hydrogen-bond donors (Lipinski definition) is 2. The van der Waals surface area contributed by atoms with Crippen LogP contribution in [0.2, 0.25) is 0 Å². The predicted octanol–water partition coefficient (Wildman–Crippen LogP) is 0.953. The number of sulfonamides is 1. The first-order chi connectivity index (χ1) is 7.52. The molecule has 0 heterocycles. The van der Waals surface area contributed by atoms with Crippen molar-refractivity contribution in [2.45, 2.75) is 11.3 Å². The van der Waals surface area contributed by atoms with E-state index < -0.39 is 16.0 Å². The van der Waals surface area contributed by atoms with Crippen molar-refractivity contribution in [2.24, 2.45) is 0 Å². The molecule has 1 aromatic carbocycles. The van der Waals surface area contributed by atoms with Gasteiger partial charge in [0.15, 0.2) is 0 Å². The van der Waals surface area contributed by atoms with Crippen LogP contribution in [0.25, 0.3) is 0 Å². The number of nitrogens with one attached hydrogen (secondary N) is 1. The fourth-order valence-electron chi connectivity index (χ4n) is 0.965. The molecule has 0 radical (unpaired) electrons. The number of carbonyl (C=O) groups is 1. The van der Waals surface area contributed by atoms with Gasteiger partial charge in [-0.25, -0.2) is 8.42 Å². The van der Waals surface area contributed by atoms with Crippen LogP contribution in [0, 0.1) is 0 Å². The number of rotatable bonds is 5. The molecule has 16 heavy (non-hydrogen) atoms. The second-order valence-electron chi connectivity index (χ2n) is 2.93. The first-order valence-corrected chi connectivity index (χ1v) is 5.95. The summed E-state index contributed by atoms with van der Waals surface area (Å²) in [6, 6.07) is 7.82. The predicted molar refractivity (Wildman–Crippen MR) is 58.2 cm³/mol. The van der Waals surface area contributed by atoms with Crippen LogP contribution in [0.5, 0.6) is 0 Å². The molecule has 1 rings (SSSR count). The number of hydrogen-bond acceptors (Lipinski definition) is 3. The van der Waals surface area contributed by atoms with Crippen molar-refractivity contribution in [3.8, 4) is 0 Å². The Bertz CT molecular complexity index is 479. The van der Waals surface area contributed by atoms with Gasteiger partial charge in [-0.2, -0.15) is 0 Å². The number of carboxylic acid groups (broad SMARTS) is 1. The van der Waals surface area contributed by atoms with Crippen LogP contribution in [0.1, 0.15) is 6.42 Å². The third-order valence-corrected chi connectivity index (χ3v) is 3.03. The molecule has 0 bridgehead atoms. The van der Waals surface area contributed by atoms with Crippen molar-refractivity contribution >= 4 is 16.0 Å². The second kappa shape index (κ2) is 5.32. The highest BCUT2D eigenvalue weighted by molar-refractivity contribution is 7.89. The summed E-state index contributed by atoms with van der Waals surface area (Å²) in [5.74, 6) is -1.02. The highest BCUT2D eigenvalue weighted by atomic mass is 32.2. The van der Waals surface area contributed by atoms with Gasteiger partial charge in [-0.05, 0) is 12.1 Å². The van der Waals surface area contributed by atoms with Gasteiger partial charge in [-0.15, -0.1) is 0 Å². The lowest BCUT2D eigenvalue weighted by Crippen LogP contribution is -2.17. The van der Waals surface area contributed by atoms with Crippen LogP contribution >= 0.6 is 0 Å². The van der Waals surface area contributed by atoms with E-state index in [0.717, 1.165) is 6.20 Å².